The predicted octanol–water partition coefficient (Wildman–Crippen LogP) is 1.84. The van der Waals surface area contributed by atoms with Crippen LogP contribution in [0.15, 0.2) is 18.5 Å². The number of aliphatic hydroxyl groups is 1. The van der Waals surface area contributed by atoms with E-state index in [0.717, 1.165) is 0 Å². The Labute approximate surface area is 120 Å². The number of carbonyl (C=O) groups is 1. The van der Waals surface area contributed by atoms with Gasteiger partial charge in [0.1, 0.15) is 6.54 Å². The number of hydrogen-bond acceptors (Lipinski definition) is 3. The number of aromatic nitrogens is 1. The van der Waals surface area contributed by atoms with E-state index < -0.39 is 18.6 Å². The van der Waals surface area contributed by atoms with E-state index in [1.807, 2.05) is 0 Å². The summed E-state index contributed by atoms with van der Waals surface area (Å²) in [5.74, 6) is 4.59. The van der Waals surface area contributed by atoms with E-state index in [1.165, 1.54) is 25.4 Å². The number of aliphatic hydroxyl groups excluding tert-OH is 1. The van der Waals surface area contributed by atoms with Gasteiger partial charge in [0, 0.05) is 30.9 Å². The second-order valence-corrected chi connectivity index (χ2v) is 4.17. The van der Waals surface area contributed by atoms with Gasteiger partial charge in [0.2, 0.25) is 0 Å². The Kier molecular flexibility index (Phi) is 6.18. The molecule has 0 bridgehead atoms. The van der Waals surface area contributed by atoms with Gasteiger partial charge in [-0.1, -0.05) is 11.8 Å². The van der Waals surface area contributed by atoms with Gasteiger partial charge < -0.3 is 10.0 Å². The molecule has 0 unspecified atom stereocenters. The summed E-state index contributed by atoms with van der Waals surface area (Å²) in [6.45, 7) is 0.0255. The summed E-state index contributed by atoms with van der Waals surface area (Å²) < 4.78 is 37.2. The molecule has 7 heteroatoms. The molecule has 0 aromatic carbocycles. The number of hydrogen-bond donors (Lipinski definition) is 1. The Hall–Kier alpha value is -2.07. The fourth-order valence-corrected chi connectivity index (χ4v) is 1.57. The second-order valence-electron chi connectivity index (χ2n) is 4.17. The van der Waals surface area contributed by atoms with Crippen LogP contribution in [0.4, 0.5) is 13.2 Å². The molecule has 1 rings (SSSR count). The fourth-order valence-electron chi connectivity index (χ4n) is 1.57. The number of amides is 1. The lowest BCUT2D eigenvalue weighted by atomic mass is 10.2. The van der Waals surface area contributed by atoms with Crippen molar-refractivity contribution in [3.05, 3.63) is 29.6 Å². The van der Waals surface area contributed by atoms with Gasteiger partial charge in [-0.05, 0) is 13.0 Å². The van der Waals surface area contributed by atoms with Crippen LogP contribution in [0.2, 0.25) is 0 Å². The van der Waals surface area contributed by atoms with Gasteiger partial charge in [-0.25, -0.2) is 0 Å². The van der Waals surface area contributed by atoms with E-state index in [0.29, 0.717) is 10.5 Å². The van der Waals surface area contributed by atoms with Crippen molar-refractivity contribution >= 4 is 5.91 Å². The topological polar surface area (TPSA) is 53.4 Å². The van der Waals surface area contributed by atoms with Crippen molar-refractivity contribution in [2.75, 3.05) is 19.7 Å². The largest absolute Gasteiger partial charge is 0.406 e. The predicted molar refractivity (Wildman–Crippen MR) is 70.5 cm³/mol. The third kappa shape index (κ3) is 5.83. The minimum atomic E-state index is -4.45. The molecule has 0 radical (unpaired) electrons. The average molecular weight is 300 g/mol. The second kappa shape index (κ2) is 7.64. The van der Waals surface area contributed by atoms with Crippen LogP contribution in [0.1, 0.15) is 29.3 Å². The molecule has 1 N–H and O–H groups in total. The molecule has 0 saturated heterocycles. The number of pyridine rings is 1. The van der Waals surface area contributed by atoms with Crippen LogP contribution in [0, 0.1) is 11.8 Å². The van der Waals surface area contributed by atoms with Crippen LogP contribution in [0.3, 0.4) is 0 Å². The quantitative estimate of drug-likeness (QED) is 0.863. The van der Waals surface area contributed by atoms with Crippen LogP contribution in [-0.2, 0) is 0 Å². The lowest BCUT2D eigenvalue weighted by Gasteiger charge is -2.22. The first-order chi connectivity index (χ1) is 9.87. The minimum absolute atomic E-state index is 0.0527. The summed E-state index contributed by atoms with van der Waals surface area (Å²) >= 11 is 0. The molecular formula is C14H15F3N2O2. The van der Waals surface area contributed by atoms with Gasteiger partial charge in [-0.2, -0.15) is 13.2 Å². The first-order valence-corrected chi connectivity index (χ1v) is 6.28. The molecule has 0 aliphatic carbocycles. The maximum atomic E-state index is 12.4. The zero-order chi connectivity index (χ0) is 15.9. The van der Waals surface area contributed by atoms with Crippen molar-refractivity contribution in [3.8, 4) is 11.8 Å². The summed E-state index contributed by atoms with van der Waals surface area (Å²) in [4.78, 5) is 16.5. The number of halogens is 3. The Bertz CT molecular complexity index is 547. The first kappa shape index (κ1) is 17.0. The van der Waals surface area contributed by atoms with Crippen LogP contribution in [0.5, 0.6) is 0 Å². The van der Waals surface area contributed by atoms with Gasteiger partial charge in [0.25, 0.3) is 5.91 Å². The molecule has 4 nitrogen and oxygen atoms in total. The van der Waals surface area contributed by atoms with Crippen molar-refractivity contribution in [1.82, 2.24) is 9.88 Å². The Morgan fingerprint density at radius 2 is 2.14 bits per heavy atom. The molecule has 114 valence electrons. The lowest BCUT2D eigenvalue weighted by Crippen LogP contribution is -2.38. The van der Waals surface area contributed by atoms with Gasteiger partial charge in [0.15, 0.2) is 0 Å². The van der Waals surface area contributed by atoms with Crippen LogP contribution >= 0.6 is 0 Å². The van der Waals surface area contributed by atoms with E-state index in [9.17, 15) is 18.0 Å². The van der Waals surface area contributed by atoms with E-state index in [2.05, 4.69) is 16.8 Å². The molecule has 1 heterocycles. The van der Waals surface area contributed by atoms with E-state index >= 15 is 0 Å². The fraction of sp³-hybridized carbons (Fsp3) is 0.429. The molecule has 1 aromatic heterocycles. The third-order valence-electron chi connectivity index (χ3n) is 2.49. The average Bonchev–Trinajstić information content (AvgIpc) is 2.44. The van der Waals surface area contributed by atoms with E-state index in [4.69, 9.17) is 5.11 Å². The van der Waals surface area contributed by atoms with Crippen molar-refractivity contribution in [2.45, 2.75) is 19.5 Å². The summed E-state index contributed by atoms with van der Waals surface area (Å²) in [6, 6.07) is 1.39. The van der Waals surface area contributed by atoms with Crippen molar-refractivity contribution in [2.24, 2.45) is 0 Å². The van der Waals surface area contributed by atoms with Gasteiger partial charge in [0.05, 0.1) is 12.2 Å². The maximum absolute atomic E-state index is 12.4. The summed E-state index contributed by atoms with van der Waals surface area (Å²) in [6.07, 6.45) is -1.56. The van der Waals surface area contributed by atoms with E-state index in [-0.39, 0.29) is 25.1 Å². The Morgan fingerprint density at radius 1 is 1.43 bits per heavy atom. The highest BCUT2D eigenvalue weighted by Gasteiger charge is 2.32. The summed E-state index contributed by atoms with van der Waals surface area (Å²) in [5.41, 5.74) is 0.467. The van der Waals surface area contributed by atoms with Crippen LogP contribution in [0.25, 0.3) is 0 Å². The van der Waals surface area contributed by atoms with Crippen molar-refractivity contribution in [1.29, 1.82) is 0 Å². The summed E-state index contributed by atoms with van der Waals surface area (Å²) in [5, 5.41) is 8.61. The standard InChI is InChI=1S/C14H15F3N2O2/c1-2-19(10-14(15,16)17)13(21)12-7-11(8-18-9-12)5-3-4-6-20/h7-9,20H,2,4,6,10H2,1H3. The lowest BCUT2D eigenvalue weighted by molar-refractivity contribution is -0.140. The molecular weight excluding hydrogens is 285 g/mol. The molecule has 0 spiro atoms. The van der Waals surface area contributed by atoms with Crippen molar-refractivity contribution in [3.63, 3.8) is 0 Å². The van der Waals surface area contributed by atoms with Gasteiger partial charge >= 0.3 is 6.18 Å². The van der Waals surface area contributed by atoms with Crippen molar-refractivity contribution < 1.29 is 23.1 Å². The number of carbonyl (C=O) groups excluding carboxylic acids is 1. The number of rotatable bonds is 4. The minimum Gasteiger partial charge on any atom is -0.395 e. The maximum Gasteiger partial charge on any atom is 0.406 e. The SMILES string of the molecule is CCN(CC(F)(F)F)C(=O)c1cncc(C#CCCO)c1. The van der Waals surface area contributed by atoms with Gasteiger partial charge in [-0.15, -0.1) is 0 Å². The normalized spacial score (nSPS) is 10.7. The molecule has 0 aliphatic rings. The zero-order valence-electron chi connectivity index (χ0n) is 11.4. The molecule has 21 heavy (non-hydrogen) atoms. The molecule has 0 saturated carbocycles. The monoisotopic (exact) mass is 300 g/mol. The zero-order valence-corrected chi connectivity index (χ0v) is 11.4. The Morgan fingerprint density at radius 3 is 2.71 bits per heavy atom. The van der Waals surface area contributed by atoms with Gasteiger partial charge in [-0.3, -0.25) is 9.78 Å². The smallest absolute Gasteiger partial charge is 0.395 e. The first-order valence-electron chi connectivity index (χ1n) is 6.28. The number of alkyl halides is 3. The third-order valence-corrected chi connectivity index (χ3v) is 2.49. The molecule has 0 atom stereocenters. The van der Waals surface area contributed by atoms with Crippen LogP contribution in [-0.4, -0.2) is 46.8 Å². The van der Waals surface area contributed by atoms with E-state index in [1.54, 1.807) is 0 Å². The molecule has 0 fully saturated rings. The molecule has 1 amide bonds. The molecule has 0 aliphatic heterocycles. The Balaban J connectivity index is 2.91. The molecule has 1 aromatic rings. The highest BCUT2D eigenvalue weighted by atomic mass is 19.4. The highest BCUT2D eigenvalue weighted by Crippen LogP contribution is 2.18. The van der Waals surface area contributed by atoms with Crippen LogP contribution < -0.4 is 0 Å². The number of nitrogens with zero attached hydrogens (tertiary/aromatic N) is 2. The summed E-state index contributed by atoms with van der Waals surface area (Å²) in [7, 11) is 0. The highest BCUT2D eigenvalue weighted by molar-refractivity contribution is 5.94.